The third-order valence-corrected chi connectivity index (χ3v) is 5.89. The van der Waals surface area contributed by atoms with Gasteiger partial charge in [0.2, 0.25) is 5.91 Å². The van der Waals surface area contributed by atoms with Crippen molar-refractivity contribution >= 4 is 44.7 Å². The summed E-state index contributed by atoms with van der Waals surface area (Å²) < 4.78 is 12.3. The number of methoxy groups -OCH3 is 2. The van der Waals surface area contributed by atoms with Crippen molar-refractivity contribution in [1.82, 2.24) is 14.8 Å². The molecule has 10 heteroatoms. The van der Waals surface area contributed by atoms with Gasteiger partial charge in [0.1, 0.15) is 23.7 Å². The van der Waals surface area contributed by atoms with E-state index in [0.29, 0.717) is 32.6 Å². The molecule has 0 atom stereocenters. The first kappa shape index (κ1) is 21.8. The van der Waals surface area contributed by atoms with Gasteiger partial charge in [0.05, 0.1) is 29.6 Å². The van der Waals surface area contributed by atoms with Gasteiger partial charge in [-0.1, -0.05) is 23.7 Å². The number of ether oxygens (including phenoxy) is 2. The van der Waals surface area contributed by atoms with Crippen LogP contribution in [0.1, 0.15) is 5.01 Å². The molecule has 4 rings (SSSR count). The number of halogens is 1. The largest absolute Gasteiger partial charge is 0.497 e. The second kappa shape index (κ2) is 8.97. The average Bonchev–Trinajstić information content (AvgIpc) is 3.17. The molecule has 4 aromatic rings. The van der Waals surface area contributed by atoms with Crippen LogP contribution in [0.3, 0.4) is 0 Å². The maximum atomic E-state index is 13.0. The fraction of sp³-hybridized carbons (Fsp3) is 0.182. The van der Waals surface area contributed by atoms with Crippen LogP contribution in [0.4, 0.5) is 5.69 Å². The van der Waals surface area contributed by atoms with Crippen LogP contribution in [0.2, 0.25) is 5.02 Å². The Kier molecular flexibility index (Phi) is 6.11. The number of hydrogen-bond acceptors (Lipinski definition) is 7. The molecule has 0 bridgehead atoms. The maximum absolute atomic E-state index is 13.0. The molecule has 2 aromatic heterocycles. The van der Waals surface area contributed by atoms with Gasteiger partial charge in [-0.3, -0.25) is 9.59 Å². The number of benzene rings is 2. The van der Waals surface area contributed by atoms with Gasteiger partial charge in [-0.2, -0.15) is 5.10 Å². The Labute approximate surface area is 192 Å². The summed E-state index contributed by atoms with van der Waals surface area (Å²) in [5.41, 5.74) is 1.54. The monoisotopic (exact) mass is 470 g/mol. The van der Waals surface area contributed by atoms with E-state index in [-0.39, 0.29) is 12.1 Å². The number of amides is 1. The van der Waals surface area contributed by atoms with Gasteiger partial charge in [0.15, 0.2) is 5.52 Å². The van der Waals surface area contributed by atoms with E-state index in [2.05, 4.69) is 15.4 Å². The lowest BCUT2D eigenvalue weighted by Gasteiger charge is -2.12. The van der Waals surface area contributed by atoms with E-state index in [1.165, 1.54) is 18.4 Å². The third kappa shape index (κ3) is 4.30. The predicted octanol–water partition coefficient (Wildman–Crippen LogP) is 4.14. The minimum Gasteiger partial charge on any atom is -0.497 e. The molecule has 8 nitrogen and oxygen atoms in total. The van der Waals surface area contributed by atoms with Crippen LogP contribution in [0.15, 0.2) is 47.3 Å². The zero-order valence-electron chi connectivity index (χ0n) is 17.5. The van der Waals surface area contributed by atoms with Crippen molar-refractivity contribution in [2.75, 3.05) is 19.5 Å². The summed E-state index contributed by atoms with van der Waals surface area (Å²) in [5.74, 6) is 0.649. The van der Waals surface area contributed by atoms with Crippen LogP contribution in [0.5, 0.6) is 11.5 Å². The number of nitrogens with zero attached hydrogens (tertiary/aromatic N) is 3. The number of thiazole rings is 1. The predicted molar refractivity (Wildman–Crippen MR) is 125 cm³/mol. The normalized spacial score (nSPS) is 10.9. The fourth-order valence-corrected chi connectivity index (χ4v) is 4.33. The number of aryl methyl sites for hydroxylation is 1. The molecule has 0 fully saturated rings. The molecule has 0 spiro atoms. The number of nitrogens with one attached hydrogen (secondary N) is 1. The maximum Gasteiger partial charge on any atom is 0.294 e. The van der Waals surface area contributed by atoms with Crippen molar-refractivity contribution in [2.45, 2.75) is 13.5 Å². The molecule has 2 heterocycles. The van der Waals surface area contributed by atoms with Crippen molar-refractivity contribution in [1.29, 1.82) is 0 Å². The average molecular weight is 471 g/mol. The Morgan fingerprint density at radius 1 is 1.19 bits per heavy atom. The van der Waals surface area contributed by atoms with E-state index in [1.807, 2.05) is 31.2 Å². The Morgan fingerprint density at radius 3 is 2.75 bits per heavy atom. The summed E-state index contributed by atoms with van der Waals surface area (Å²) in [6.45, 7) is 1.51. The summed E-state index contributed by atoms with van der Waals surface area (Å²) in [6.07, 6.45) is 0. The van der Waals surface area contributed by atoms with Crippen LogP contribution in [0.25, 0.3) is 21.5 Å². The molecule has 1 amide bonds. The number of carbonyl (C=O) groups excluding carboxylic acids is 1. The van der Waals surface area contributed by atoms with Gasteiger partial charge in [-0.25, -0.2) is 9.67 Å². The highest BCUT2D eigenvalue weighted by Gasteiger charge is 2.19. The topological polar surface area (TPSA) is 95.3 Å². The molecule has 0 aliphatic heterocycles. The third-order valence-electron chi connectivity index (χ3n) is 4.68. The number of fused-ring (bicyclic) bond motifs is 1. The highest BCUT2D eigenvalue weighted by molar-refractivity contribution is 7.19. The van der Waals surface area contributed by atoms with Crippen molar-refractivity contribution in [3.63, 3.8) is 0 Å². The Balaban J connectivity index is 1.75. The fourth-order valence-electron chi connectivity index (χ4n) is 3.24. The van der Waals surface area contributed by atoms with E-state index >= 15 is 0 Å². The van der Waals surface area contributed by atoms with Gasteiger partial charge in [0.25, 0.3) is 5.56 Å². The number of aromatic nitrogens is 3. The molecule has 164 valence electrons. The molecule has 0 radical (unpaired) electrons. The van der Waals surface area contributed by atoms with Gasteiger partial charge >= 0.3 is 0 Å². The molecular formula is C22H19ClN4O4S. The number of anilines is 1. The van der Waals surface area contributed by atoms with E-state index in [1.54, 1.807) is 25.3 Å². The van der Waals surface area contributed by atoms with Crippen molar-refractivity contribution in [3.8, 4) is 22.8 Å². The molecule has 0 saturated carbocycles. The quantitative estimate of drug-likeness (QED) is 0.455. The van der Waals surface area contributed by atoms with Crippen LogP contribution < -0.4 is 20.3 Å². The van der Waals surface area contributed by atoms with E-state index in [4.69, 9.17) is 21.1 Å². The highest BCUT2D eigenvalue weighted by Crippen LogP contribution is 2.31. The van der Waals surface area contributed by atoms with Crippen LogP contribution in [-0.2, 0) is 11.3 Å². The lowest BCUT2D eigenvalue weighted by Crippen LogP contribution is -2.30. The zero-order valence-corrected chi connectivity index (χ0v) is 19.1. The lowest BCUT2D eigenvalue weighted by atomic mass is 10.1. The number of rotatable bonds is 6. The van der Waals surface area contributed by atoms with Gasteiger partial charge < -0.3 is 14.8 Å². The van der Waals surface area contributed by atoms with Crippen LogP contribution >= 0.6 is 22.9 Å². The van der Waals surface area contributed by atoms with Gasteiger partial charge in [-0.15, -0.1) is 11.3 Å². The first-order valence-corrected chi connectivity index (χ1v) is 10.7. The SMILES string of the molecule is COc1cccc(-c2nn(CC(=O)Nc3cc(Cl)ccc3OC)c(=O)c3nc(C)sc23)c1. The van der Waals surface area contributed by atoms with Crippen molar-refractivity contribution in [2.24, 2.45) is 0 Å². The Morgan fingerprint density at radius 2 is 2.00 bits per heavy atom. The molecule has 0 saturated heterocycles. The molecule has 0 aliphatic carbocycles. The molecule has 1 N–H and O–H groups in total. The standard InChI is InChI=1S/C22H19ClN4O4S/c1-12-24-20-21(32-12)19(13-5-4-6-15(9-13)30-2)26-27(22(20)29)11-18(28)25-16-10-14(23)7-8-17(16)31-3/h4-10H,11H2,1-3H3,(H,25,28). The summed E-state index contributed by atoms with van der Waals surface area (Å²) in [6, 6.07) is 12.2. The molecule has 0 unspecified atom stereocenters. The number of hydrogen-bond donors (Lipinski definition) is 1. The zero-order chi connectivity index (χ0) is 22.8. The number of carbonyl (C=O) groups is 1. The van der Waals surface area contributed by atoms with Crippen LogP contribution in [0, 0.1) is 6.92 Å². The highest BCUT2D eigenvalue weighted by atomic mass is 35.5. The smallest absolute Gasteiger partial charge is 0.294 e. The molecule has 2 aromatic carbocycles. The second-order valence-electron chi connectivity index (χ2n) is 6.85. The van der Waals surface area contributed by atoms with Crippen molar-refractivity contribution < 1.29 is 14.3 Å². The summed E-state index contributed by atoms with van der Waals surface area (Å²) >= 11 is 7.41. The Bertz CT molecular complexity index is 1380. The first-order chi connectivity index (χ1) is 15.4. The van der Waals surface area contributed by atoms with Gasteiger partial charge in [0, 0.05) is 10.6 Å². The van der Waals surface area contributed by atoms with E-state index < -0.39 is 11.5 Å². The van der Waals surface area contributed by atoms with E-state index in [0.717, 1.165) is 15.3 Å². The summed E-state index contributed by atoms with van der Waals surface area (Å²) in [5, 5.41) is 8.40. The van der Waals surface area contributed by atoms with Gasteiger partial charge in [-0.05, 0) is 37.3 Å². The van der Waals surface area contributed by atoms with E-state index in [9.17, 15) is 9.59 Å². The minimum absolute atomic E-state index is 0.272. The first-order valence-electron chi connectivity index (χ1n) is 9.55. The summed E-state index contributed by atoms with van der Waals surface area (Å²) in [4.78, 5) is 30.1. The van der Waals surface area contributed by atoms with Crippen LogP contribution in [-0.4, -0.2) is 34.9 Å². The lowest BCUT2D eigenvalue weighted by molar-refractivity contribution is -0.117. The minimum atomic E-state index is -0.455. The van der Waals surface area contributed by atoms with Crippen molar-refractivity contribution in [3.05, 3.63) is 62.8 Å². The molecular weight excluding hydrogens is 452 g/mol. The Hall–Kier alpha value is -3.43. The summed E-state index contributed by atoms with van der Waals surface area (Å²) in [7, 11) is 3.07. The molecule has 0 aliphatic rings. The second-order valence-corrected chi connectivity index (χ2v) is 8.49. The molecule has 32 heavy (non-hydrogen) atoms.